The standard InChI is InChI=1S/C37H74O3/c1-3-5-7-9-11-13-15-17-19-20-22-24-26-28-30-32-34-40-36-37(38)35-39-33-31-29-27-25-23-21-18-16-14-12-10-8-6-4-2/h17,19,37-38H,3-16,18,20-36H2,1-2H3. The molecule has 1 N–H and O–H groups in total. The quantitative estimate of drug-likeness (QED) is 0.0612. The number of unbranched alkanes of at least 4 members (excludes halogenated alkanes) is 25. The SMILES string of the molecule is CCCCCCCCC=CCCCCCCCCOCC(O)COCCCCCCCCCCCCCCCC. The van der Waals surface area contributed by atoms with Gasteiger partial charge in [0, 0.05) is 13.2 Å². The van der Waals surface area contributed by atoms with Crippen LogP contribution in [0.1, 0.15) is 194 Å². The predicted molar refractivity (Wildman–Crippen MR) is 177 cm³/mol. The summed E-state index contributed by atoms with van der Waals surface area (Å²) in [5.74, 6) is 0. The topological polar surface area (TPSA) is 38.7 Å². The Hall–Kier alpha value is -0.380. The molecule has 0 aromatic heterocycles. The molecule has 0 amide bonds. The molecule has 0 saturated heterocycles. The summed E-state index contributed by atoms with van der Waals surface area (Å²) in [5.41, 5.74) is 0. The van der Waals surface area contributed by atoms with E-state index in [1.165, 1.54) is 167 Å². The largest absolute Gasteiger partial charge is 0.388 e. The van der Waals surface area contributed by atoms with Gasteiger partial charge in [-0.25, -0.2) is 0 Å². The highest BCUT2D eigenvalue weighted by Gasteiger charge is 2.04. The van der Waals surface area contributed by atoms with Crippen LogP contribution in [-0.4, -0.2) is 37.6 Å². The van der Waals surface area contributed by atoms with Crippen LogP contribution in [0.2, 0.25) is 0 Å². The maximum Gasteiger partial charge on any atom is 0.101 e. The third-order valence-corrected chi connectivity index (χ3v) is 8.06. The Balaban J connectivity index is 3.17. The number of hydrogen-bond acceptors (Lipinski definition) is 3. The van der Waals surface area contributed by atoms with E-state index in [4.69, 9.17) is 9.47 Å². The molecule has 3 nitrogen and oxygen atoms in total. The lowest BCUT2D eigenvalue weighted by atomic mass is 10.0. The normalized spacial score (nSPS) is 12.6. The van der Waals surface area contributed by atoms with Crippen molar-refractivity contribution in [3.8, 4) is 0 Å². The summed E-state index contributed by atoms with van der Waals surface area (Å²) < 4.78 is 11.3. The molecule has 240 valence electrons. The molecular weight excluding hydrogens is 492 g/mol. The first-order valence-corrected chi connectivity index (χ1v) is 18.3. The summed E-state index contributed by atoms with van der Waals surface area (Å²) in [6, 6.07) is 0. The Kier molecular flexibility index (Phi) is 36.3. The van der Waals surface area contributed by atoms with E-state index in [1.54, 1.807) is 0 Å². The second kappa shape index (κ2) is 36.6. The molecule has 1 atom stereocenters. The van der Waals surface area contributed by atoms with Gasteiger partial charge in [0.15, 0.2) is 0 Å². The number of aliphatic hydroxyl groups excluding tert-OH is 1. The van der Waals surface area contributed by atoms with Crippen molar-refractivity contribution >= 4 is 0 Å². The Morgan fingerprint density at radius 3 is 1.00 bits per heavy atom. The van der Waals surface area contributed by atoms with E-state index in [-0.39, 0.29) is 0 Å². The van der Waals surface area contributed by atoms with Crippen LogP contribution in [0.3, 0.4) is 0 Å². The molecule has 0 rings (SSSR count). The maximum absolute atomic E-state index is 10.0. The van der Waals surface area contributed by atoms with Crippen LogP contribution < -0.4 is 0 Å². The molecule has 40 heavy (non-hydrogen) atoms. The molecule has 0 radical (unpaired) electrons. The zero-order valence-corrected chi connectivity index (χ0v) is 27.6. The molecule has 1 unspecified atom stereocenters. The van der Waals surface area contributed by atoms with Crippen molar-refractivity contribution in [2.24, 2.45) is 0 Å². The summed E-state index contributed by atoms with van der Waals surface area (Å²) in [6.07, 6.45) is 42.1. The van der Waals surface area contributed by atoms with Crippen LogP contribution >= 0.6 is 0 Å². The summed E-state index contributed by atoms with van der Waals surface area (Å²) in [6.45, 7) is 6.91. The van der Waals surface area contributed by atoms with E-state index in [0.29, 0.717) is 13.2 Å². The van der Waals surface area contributed by atoms with Crippen molar-refractivity contribution in [1.29, 1.82) is 0 Å². The minimum Gasteiger partial charge on any atom is -0.388 e. The first-order valence-electron chi connectivity index (χ1n) is 18.3. The lowest BCUT2D eigenvalue weighted by Gasteiger charge is -2.12. The lowest BCUT2D eigenvalue weighted by Crippen LogP contribution is -2.22. The second-order valence-electron chi connectivity index (χ2n) is 12.3. The number of aliphatic hydroxyl groups is 1. The molecule has 0 heterocycles. The lowest BCUT2D eigenvalue weighted by molar-refractivity contribution is -0.0201. The Morgan fingerprint density at radius 2 is 0.675 bits per heavy atom. The summed E-state index contributed by atoms with van der Waals surface area (Å²) in [5, 5.41) is 10.0. The van der Waals surface area contributed by atoms with Crippen LogP contribution in [-0.2, 0) is 9.47 Å². The zero-order valence-electron chi connectivity index (χ0n) is 27.6. The molecular formula is C37H74O3. The first-order chi connectivity index (χ1) is 19.8. The Morgan fingerprint density at radius 1 is 0.400 bits per heavy atom. The minimum atomic E-state index is -0.485. The molecule has 3 heteroatoms. The van der Waals surface area contributed by atoms with Gasteiger partial charge in [-0.15, -0.1) is 0 Å². The Labute approximate surface area is 252 Å². The number of rotatable bonds is 35. The first kappa shape index (κ1) is 39.6. The number of allylic oxidation sites excluding steroid dienone is 2. The fraction of sp³-hybridized carbons (Fsp3) is 0.946. The molecule has 0 bridgehead atoms. The van der Waals surface area contributed by atoms with E-state index in [1.807, 2.05) is 0 Å². The van der Waals surface area contributed by atoms with E-state index in [2.05, 4.69) is 26.0 Å². The molecule has 0 aliphatic heterocycles. The summed E-state index contributed by atoms with van der Waals surface area (Å²) in [4.78, 5) is 0. The third-order valence-electron chi connectivity index (χ3n) is 8.06. The summed E-state index contributed by atoms with van der Waals surface area (Å²) >= 11 is 0. The minimum absolute atomic E-state index is 0.407. The van der Waals surface area contributed by atoms with Crippen LogP contribution in [0.25, 0.3) is 0 Å². The van der Waals surface area contributed by atoms with E-state index in [0.717, 1.165) is 26.1 Å². The van der Waals surface area contributed by atoms with Gasteiger partial charge in [-0.3, -0.25) is 0 Å². The average molecular weight is 567 g/mol. The van der Waals surface area contributed by atoms with Gasteiger partial charge in [0.25, 0.3) is 0 Å². The van der Waals surface area contributed by atoms with E-state index >= 15 is 0 Å². The van der Waals surface area contributed by atoms with Crippen LogP contribution in [0.5, 0.6) is 0 Å². The smallest absolute Gasteiger partial charge is 0.101 e. The van der Waals surface area contributed by atoms with Crippen LogP contribution in [0, 0.1) is 0 Å². The van der Waals surface area contributed by atoms with Crippen molar-refractivity contribution in [2.45, 2.75) is 200 Å². The van der Waals surface area contributed by atoms with Crippen molar-refractivity contribution in [3.63, 3.8) is 0 Å². The van der Waals surface area contributed by atoms with Gasteiger partial charge in [0.1, 0.15) is 6.10 Å². The zero-order chi connectivity index (χ0) is 29.0. The second-order valence-corrected chi connectivity index (χ2v) is 12.3. The van der Waals surface area contributed by atoms with Gasteiger partial charge in [0.2, 0.25) is 0 Å². The molecule has 0 aliphatic rings. The van der Waals surface area contributed by atoms with Gasteiger partial charge < -0.3 is 14.6 Å². The van der Waals surface area contributed by atoms with Crippen molar-refractivity contribution in [1.82, 2.24) is 0 Å². The van der Waals surface area contributed by atoms with Gasteiger partial charge in [0.05, 0.1) is 13.2 Å². The molecule has 0 aromatic carbocycles. The highest BCUT2D eigenvalue weighted by Crippen LogP contribution is 2.13. The van der Waals surface area contributed by atoms with Crippen molar-refractivity contribution in [3.05, 3.63) is 12.2 Å². The highest BCUT2D eigenvalue weighted by atomic mass is 16.5. The van der Waals surface area contributed by atoms with Gasteiger partial charge in [-0.1, -0.05) is 167 Å². The molecule has 0 spiro atoms. The molecule has 0 aliphatic carbocycles. The average Bonchev–Trinajstić information content (AvgIpc) is 2.96. The molecule has 0 fully saturated rings. The van der Waals surface area contributed by atoms with Crippen molar-refractivity contribution in [2.75, 3.05) is 26.4 Å². The maximum atomic E-state index is 10.0. The van der Waals surface area contributed by atoms with E-state index in [9.17, 15) is 5.11 Å². The highest BCUT2D eigenvalue weighted by molar-refractivity contribution is 4.81. The molecule has 0 saturated carbocycles. The predicted octanol–water partition coefficient (Wildman–Crippen LogP) is 11.9. The Bertz CT molecular complexity index is 464. The van der Waals surface area contributed by atoms with Crippen LogP contribution in [0.15, 0.2) is 12.2 Å². The fourth-order valence-electron chi connectivity index (χ4n) is 5.34. The van der Waals surface area contributed by atoms with Crippen LogP contribution in [0.4, 0.5) is 0 Å². The summed E-state index contributed by atoms with van der Waals surface area (Å²) in [7, 11) is 0. The van der Waals surface area contributed by atoms with Gasteiger partial charge in [-0.05, 0) is 38.5 Å². The van der Waals surface area contributed by atoms with E-state index < -0.39 is 6.10 Å². The molecule has 0 aromatic rings. The fourth-order valence-corrected chi connectivity index (χ4v) is 5.34. The van der Waals surface area contributed by atoms with Gasteiger partial charge >= 0.3 is 0 Å². The van der Waals surface area contributed by atoms with Gasteiger partial charge in [-0.2, -0.15) is 0 Å². The van der Waals surface area contributed by atoms with Crippen molar-refractivity contribution < 1.29 is 14.6 Å². The number of ether oxygens (including phenoxy) is 2. The monoisotopic (exact) mass is 567 g/mol. The number of hydrogen-bond donors (Lipinski definition) is 1. The third kappa shape index (κ3) is 35.6.